The molecule has 1 heterocycles. The van der Waals surface area contributed by atoms with E-state index in [1.807, 2.05) is 0 Å². The second-order valence-electron chi connectivity index (χ2n) is 3.07. The molecule has 0 saturated heterocycles. The third-order valence-electron chi connectivity index (χ3n) is 1.83. The van der Waals surface area contributed by atoms with E-state index in [0.29, 0.717) is 18.7 Å². The van der Waals surface area contributed by atoms with Crippen molar-refractivity contribution in [1.29, 1.82) is 0 Å². The molecule has 0 radical (unpaired) electrons. The molecule has 0 unspecified atom stereocenters. The van der Waals surface area contributed by atoms with Crippen molar-refractivity contribution in [1.82, 2.24) is 5.32 Å². The number of Topliss-reactive ketones (excluding diaryl/α,β-unsaturated/α-hetero) is 1. The highest BCUT2D eigenvalue weighted by atomic mass is 16.4. The van der Waals surface area contributed by atoms with E-state index in [1.165, 1.54) is 6.26 Å². The Balaban J connectivity index is 2.10. The van der Waals surface area contributed by atoms with Gasteiger partial charge in [-0.3, -0.25) is 9.59 Å². The summed E-state index contributed by atoms with van der Waals surface area (Å²) in [6, 6.07) is 3.25. The molecule has 0 fully saturated rings. The molecule has 5 heteroatoms. The summed E-state index contributed by atoms with van der Waals surface area (Å²) >= 11 is 0. The van der Waals surface area contributed by atoms with Crippen molar-refractivity contribution >= 4 is 11.8 Å². The zero-order valence-corrected chi connectivity index (χ0v) is 8.23. The highest BCUT2D eigenvalue weighted by Gasteiger charge is 2.07. The molecule has 0 spiro atoms. The van der Waals surface area contributed by atoms with Crippen LogP contribution in [-0.2, 0) is 4.79 Å². The van der Waals surface area contributed by atoms with E-state index in [1.54, 1.807) is 12.1 Å². The monoisotopic (exact) mass is 211 g/mol. The number of hydrogen-bond acceptors (Lipinski definition) is 4. The zero-order valence-electron chi connectivity index (χ0n) is 8.23. The van der Waals surface area contributed by atoms with Gasteiger partial charge in [-0.2, -0.15) is 0 Å². The van der Waals surface area contributed by atoms with Crippen LogP contribution in [0.5, 0.6) is 0 Å². The average Bonchev–Trinajstić information content (AvgIpc) is 2.69. The van der Waals surface area contributed by atoms with E-state index in [9.17, 15) is 9.59 Å². The maximum Gasteiger partial charge on any atom is 0.303 e. The van der Waals surface area contributed by atoms with Crippen LogP contribution in [0.1, 0.15) is 23.4 Å². The van der Waals surface area contributed by atoms with Crippen molar-refractivity contribution < 1.29 is 19.1 Å². The van der Waals surface area contributed by atoms with E-state index in [2.05, 4.69) is 5.32 Å². The lowest BCUT2D eigenvalue weighted by molar-refractivity contribution is -0.137. The number of carbonyl (C=O) groups excluding carboxylic acids is 1. The standard InChI is InChI=1S/C10H13NO4/c12-8(9-3-2-6-15-9)7-11-5-1-4-10(13)14/h2-3,6,11H,1,4-5,7H2,(H,13,14). The highest BCUT2D eigenvalue weighted by Crippen LogP contribution is 1.99. The number of ketones is 1. The van der Waals surface area contributed by atoms with Gasteiger partial charge in [-0.1, -0.05) is 0 Å². The van der Waals surface area contributed by atoms with Crippen LogP contribution in [0.25, 0.3) is 0 Å². The molecule has 0 aromatic carbocycles. The van der Waals surface area contributed by atoms with Crippen molar-refractivity contribution in [2.24, 2.45) is 0 Å². The first kappa shape index (κ1) is 11.5. The van der Waals surface area contributed by atoms with Gasteiger partial charge in [0.15, 0.2) is 5.76 Å². The van der Waals surface area contributed by atoms with E-state index in [0.717, 1.165) is 0 Å². The summed E-state index contributed by atoms with van der Waals surface area (Å²) in [5.41, 5.74) is 0. The molecule has 0 aliphatic rings. The van der Waals surface area contributed by atoms with E-state index < -0.39 is 5.97 Å². The number of hydrogen-bond donors (Lipinski definition) is 2. The molecule has 82 valence electrons. The fraction of sp³-hybridized carbons (Fsp3) is 0.400. The number of carboxylic acid groups (broad SMARTS) is 1. The summed E-state index contributed by atoms with van der Waals surface area (Å²) in [5, 5.41) is 11.2. The molecule has 0 saturated carbocycles. The summed E-state index contributed by atoms with van der Waals surface area (Å²) < 4.78 is 4.91. The lowest BCUT2D eigenvalue weighted by Gasteiger charge is -2.00. The van der Waals surface area contributed by atoms with Crippen LogP contribution in [0.4, 0.5) is 0 Å². The van der Waals surface area contributed by atoms with Crippen molar-refractivity contribution in [2.45, 2.75) is 12.8 Å². The Morgan fingerprint density at radius 1 is 1.47 bits per heavy atom. The molecule has 1 aromatic heterocycles. The van der Waals surface area contributed by atoms with Crippen molar-refractivity contribution in [3.05, 3.63) is 24.2 Å². The minimum absolute atomic E-state index is 0.113. The normalized spacial score (nSPS) is 10.1. The molecule has 5 nitrogen and oxygen atoms in total. The van der Waals surface area contributed by atoms with Crippen LogP contribution in [0.15, 0.2) is 22.8 Å². The first-order valence-corrected chi connectivity index (χ1v) is 4.69. The number of carbonyl (C=O) groups is 2. The molecular weight excluding hydrogens is 198 g/mol. The van der Waals surface area contributed by atoms with Gasteiger partial charge >= 0.3 is 5.97 Å². The molecule has 0 atom stereocenters. The highest BCUT2D eigenvalue weighted by molar-refractivity contribution is 5.94. The third-order valence-corrected chi connectivity index (χ3v) is 1.83. The van der Waals surface area contributed by atoms with Crippen LogP contribution in [-0.4, -0.2) is 29.9 Å². The fourth-order valence-electron chi connectivity index (χ4n) is 1.09. The van der Waals surface area contributed by atoms with E-state index >= 15 is 0 Å². The van der Waals surface area contributed by atoms with Crippen molar-refractivity contribution in [2.75, 3.05) is 13.1 Å². The van der Waals surface area contributed by atoms with E-state index in [4.69, 9.17) is 9.52 Å². The second kappa shape index (κ2) is 5.98. The van der Waals surface area contributed by atoms with Gasteiger partial charge in [0, 0.05) is 6.42 Å². The minimum Gasteiger partial charge on any atom is -0.481 e. The molecule has 0 amide bonds. The Kier molecular flexibility index (Phi) is 4.56. The predicted octanol–water partition coefficient (Wildman–Crippen LogP) is 0.917. The maximum atomic E-state index is 11.3. The minimum atomic E-state index is -0.825. The van der Waals surface area contributed by atoms with Crippen LogP contribution in [0.3, 0.4) is 0 Å². The first-order valence-electron chi connectivity index (χ1n) is 4.69. The van der Waals surface area contributed by atoms with Gasteiger partial charge in [0.05, 0.1) is 12.8 Å². The Morgan fingerprint density at radius 2 is 2.27 bits per heavy atom. The third kappa shape index (κ3) is 4.42. The largest absolute Gasteiger partial charge is 0.481 e. The van der Waals surface area contributed by atoms with Crippen molar-refractivity contribution in [3.63, 3.8) is 0 Å². The van der Waals surface area contributed by atoms with Crippen LogP contribution >= 0.6 is 0 Å². The molecular formula is C10H13NO4. The number of aliphatic carboxylic acids is 1. The van der Waals surface area contributed by atoms with Gasteiger partial charge in [0.1, 0.15) is 0 Å². The topological polar surface area (TPSA) is 79.5 Å². The smallest absolute Gasteiger partial charge is 0.303 e. The van der Waals surface area contributed by atoms with Gasteiger partial charge in [0.2, 0.25) is 5.78 Å². The second-order valence-corrected chi connectivity index (χ2v) is 3.07. The Labute approximate surface area is 87.1 Å². The Bertz CT molecular complexity index is 318. The number of rotatable bonds is 7. The summed E-state index contributed by atoms with van der Waals surface area (Å²) in [5.74, 6) is -0.634. The summed E-state index contributed by atoms with van der Waals surface area (Å²) in [6.07, 6.45) is 2.07. The molecule has 2 N–H and O–H groups in total. The first-order chi connectivity index (χ1) is 7.20. The number of furan rings is 1. The summed E-state index contributed by atoms with van der Waals surface area (Å²) in [6.45, 7) is 0.686. The molecule has 15 heavy (non-hydrogen) atoms. The molecule has 0 aliphatic carbocycles. The van der Waals surface area contributed by atoms with Crippen LogP contribution in [0.2, 0.25) is 0 Å². The average molecular weight is 211 g/mol. The number of carboxylic acids is 1. The van der Waals surface area contributed by atoms with Gasteiger partial charge < -0.3 is 14.8 Å². The van der Waals surface area contributed by atoms with Crippen LogP contribution < -0.4 is 5.32 Å². The zero-order chi connectivity index (χ0) is 11.1. The lowest BCUT2D eigenvalue weighted by Crippen LogP contribution is -2.24. The van der Waals surface area contributed by atoms with Gasteiger partial charge in [0.25, 0.3) is 0 Å². The van der Waals surface area contributed by atoms with Gasteiger partial charge in [-0.15, -0.1) is 0 Å². The van der Waals surface area contributed by atoms with E-state index in [-0.39, 0.29) is 18.7 Å². The maximum absolute atomic E-state index is 11.3. The van der Waals surface area contributed by atoms with Gasteiger partial charge in [-0.05, 0) is 25.1 Å². The molecule has 1 aromatic rings. The number of nitrogens with one attached hydrogen (secondary N) is 1. The molecule has 1 rings (SSSR count). The van der Waals surface area contributed by atoms with Crippen molar-refractivity contribution in [3.8, 4) is 0 Å². The predicted molar refractivity (Wildman–Crippen MR) is 52.8 cm³/mol. The van der Waals surface area contributed by atoms with Crippen LogP contribution in [0, 0.1) is 0 Å². The lowest BCUT2D eigenvalue weighted by atomic mass is 10.3. The quantitative estimate of drug-likeness (QED) is 0.517. The molecule has 0 bridgehead atoms. The Morgan fingerprint density at radius 3 is 2.87 bits per heavy atom. The molecule has 0 aliphatic heterocycles. The summed E-state index contributed by atoms with van der Waals surface area (Å²) in [4.78, 5) is 21.5. The van der Waals surface area contributed by atoms with Gasteiger partial charge in [-0.25, -0.2) is 0 Å². The SMILES string of the molecule is O=C(O)CCCNCC(=O)c1ccco1. The fourth-order valence-corrected chi connectivity index (χ4v) is 1.09. The summed E-state index contributed by atoms with van der Waals surface area (Å²) in [7, 11) is 0. The Hall–Kier alpha value is -1.62.